The number of hydrogen-bond acceptors (Lipinski definition) is 3. The molecular formula is C13H19FN2S. The number of halogens is 1. The largest absolute Gasteiger partial charge is 0.356 e. The Morgan fingerprint density at radius 1 is 1.47 bits per heavy atom. The van der Waals surface area contributed by atoms with Crippen molar-refractivity contribution in [1.29, 1.82) is 0 Å². The molecule has 1 aliphatic heterocycles. The first-order valence-electron chi connectivity index (χ1n) is 6.20. The number of pyridine rings is 1. The van der Waals surface area contributed by atoms with Crippen molar-refractivity contribution in [2.45, 2.75) is 19.8 Å². The highest BCUT2D eigenvalue weighted by Gasteiger charge is 2.14. The number of hydrogen-bond donors (Lipinski definition) is 0. The Bertz CT molecular complexity index is 359. The zero-order valence-electron chi connectivity index (χ0n) is 10.2. The second-order valence-electron chi connectivity index (χ2n) is 4.67. The molecule has 0 aromatic carbocycles. The van der Waals surface area contributed by atoms with Gasteiger partial charge in [0, 0.05) is 25.4 Å². The summed E-state index contributed by atoms with van der Waals surface area (Å²) in [6.07, 6.45) is 3.96. The number of rotatable bonds is 1. The molecule has 94 valence electrons. The fraction of sp³-hybridized carbons (Fsp3) is 0.615. The lowest BCUT2D eigenvalue weighted by Crippen LogP contribution is -2.30. The fourth-order valence-electron chi connectivity index (χ4n) is 2.09. The lowest BCUT2D eigenvalue weighted by Gasteiger charge is -2.25. The molecule has 0 spiro atoms. The van der Waals surface area contributed by atoms with Crippen LogP contribution in [0.4, 0.5) is 10.2 Å². The maximum Gasteiger partial charge on any atom is 0.131 e. The van der Waals surface area contributed by atoms with Crippen molar-refractivity contribution in [1.82, 2.24) is 4.98 Å². The molecule has 0 N–H and O–H groups in total. The van der Waals surface area contributed by atoms with Gasteiger partial charge in [-0.1, -0.05) is 6.92 Å². The molecule has 1 aromatic heterocycles. The smallest absolute Gasteiger partial charge is 0.131 e. The maximum atomic E-state index is 13.2. The van der Waals surface area contributed by atoms with Gasteiger partial charge in [-0.2, -0.15) is 11.8 Å². The first-order chi connectivity index (χ1) is 8.25. The quantitative estimate of drug-likeness (QED) is 0.765. The summed E-state index contributed by atoms with van der Waals surface area (Å²) in [4.78, 5) is 6.50. The summed E-state index contributed by atoms with van der Waals surface area (Å²) in [5.41, 5.74) is 0. The minimum absolute atomic E-state index is 0.197. The number of thioether (sulfide) groups is 1. The summed E-state index contributed by atoms with van der Waals surface area (Å²) in [5, 5.41) is 0. The zero-order chi connectivity index (χ0) is 12.1. The summed E-state index contributed by atoms with van der Waals surface area (Å²) in [6, 6.07) is 2.94. The third kappa shape index (κ3) is 3.87. The molecule has 2 heterocycles. The molecule has 2 rings (SSSR count). The minimum atomic E-state index is -0.197. The molecule has 1 aliphatic rings. The van der Waals surface area contributed by atoms with Crippen LogP contribution in [-0.2, 0) is 0 Å². The van der Waals surface area contributed by atoms with Gasteiger partial charge in [0.25, 0.3) is 0 Å². The zero-order valence-corrected chi connectivity index (χ0v) is 11.0. The maximum absolute atomic E-state index is 13.2. The van der Waals surface area contributed by atoms with Crippen molar-refractivity contribution >= 4 is 17.6 Å². The highest BCUT2D eigenvalue weighted by Crippen LogP contribution is 2.20. The molecule has 0 saturated carbocycles. The van der Waals surface area contributed by atoms with E-state index >= 15 is 0 Å². The van der Waals surface area contributed by atoms with Crippen molar-refractivity contribution in [2.75, 3.05) is 29.5 Å². The van der Waals surface area contributed by atoms with Gasteiger partial charge in [-0.3, -0.25) is 0 Å². The summed E-state index contributed by atoms with van der Waals surface area (Å²) in [6.45, 7) is 4.22. The van der Waals surface area contributed by atoms with E-state index in [0.29, 0.717) is 5.92 Å². The molecular weight excluding hydrogens is 235 g/mol. The van der Waals surface area contributed by atoms with Gasteiger partial charge < -0.3 is 4.90 Å². The van der Waals surface area contributed by atoms with Crippen molar-refractivity contribution in [3.05, 3.63) is 24.1 Å². The van der Waals surface area contributed by atoms with E-state index in [2.05, 4.69) is 16.8 Å². The molecule has 0 radical (unpaired) electrons. The molecule has 1 fully saturated rings. The predicted octanol–water partition coefficient (Wildman–Crippen LogP) is 3.19. The highest BCUT2D eigenvalue weighted by molar-refractivity contribution is 7.99. The third-order valence-electron chi connectivity index (χ3n) is 2.93. The van der Waals surface area contributed by atoms with E-state index in [0.717, 1.165) is 25.3 Å². The molecule has 1 aromatic rings. The average Bonchev–Trinajstić information content (AvgIpc) is 2.41. The first kappa shape index (κ1) is 12.7. The van der Waals surface area contributed by atoms with Crippen LogP contribution in [0, 0.1) is 11.7 Å². The molecule has 0 unspecified atom stereocenters. The van der Waals surface area contributed by atoms with Crippen LogP contribution < -0.4 is 4.90 Å². The molecule has 17 heavy (non-hydrogen) atoms. The monoisotopic (exact) mass is 254 g/mol. The Labute approximate surface area is 107 Å². The molecule has 1 atom stereocenters. The Balaban J connectivity index is 2.10. The van der Waals surface area contributed by atoms with Gasteiger partial charge in [-0.25, -0.2) is 9.37 Å². The standard InChI is InChI=1S/C13H19FN2S/c1-11-9-16(6-2-3-7-17-10-11)13-8-12(14)4-5-15-13/h4-5,8,11H,2-3,6-7,9-10H2,1H3/t11-/m0/s1. The Kier molecular flexibility index (Phi) is 4.66. The van der Waals surface area contributed by atoms with Crippen LogP contribution in [0.25, 0.3) is 0 Å². The first-order valence-corrected chi connectivity index (χ1v) is 7.35. The van der Waals surface area contributed by atoms with Crippen LogP contribution >= 0.6 is 11.8 Å². The Morgan fingerprint density at radius 2 is 2.35 bits per heavy atom. The summed E-state index contributed by atoms with van der Waals surface area (Å²) < 4.78 is 13.2. The lowest BCUT2D eigenvalue weighted by atomic mass is 10.2. The van der Waals surface area contributed by atoms with E-state index in [1.807, 2.05) is 11.8 Å². The van der Waals surface area contributed by atoms with Gasteiger partial charge in [0.15, 0.2) is 0 Å². The minimum Gasteiger partial charge on any atom is -0.356 e. The van der Waals surface area contributed by atoms with Gasteiger partial charge in [0.1, 0.15) is 11.6 Å². The van der Waals surface area contributed by atoms with E-state index < -0.39 is 0 Å². The second kappa shape index (κ2) is 6.24. The van der Waals surface area contributed by atoms with Crippen molar-refractivity contribution in [3.8, 4) is 0 Å². The topological polar surface area (TPSA) is 16.1 Å². The van der Waals surface area contributed by atoms with Crippen LogP contribution in [0.15, 0.2) is 18.3 Å². The van der Waals surface area contributed by atoms with Crippen LogP contribution in [0.3, 0.4) is 0 Å². The molecule has 1 saturated heterocycles. The van der Waals surface area contributed by atoms with Crippen molar-refractivity contribution in [3.63, 3.8) is 0 Å². The summed E-state index contributed by atoms with van der Waals surface area (Å²) in [5.74, 6) is 3.64. The van der Waals surface area contributed by atoms with Gasteiger partial charge >= 0.3 is 0 Å². The van der Waals surface area contributed by atoms with Gasteiger partial charge in [0.05, 0.1) is 0 Å². The molecule has 0 amide bonds. The van der Waals surface area contributed by atoms with Crippen LogP contribution in [-0.4, -0.2) is 29.6 Å². The highest BCUT2D eigenvalue weighted by atomic mass is 32.2. The second-order valence-corrected chi connectivity index (χ2v) is 5.82. The van der Waals surface area contributed by atoms with Crippen LogP contribution in [0.5, 0.6) is 0 Å². The fourth-order valence-corrected chi connectivity index (χ4v) is 3.17. The van der Waals surface area contributed by atoms with E-state index in [4.69, 9.17) is 0 Å². The van der Waals surface area contributed by atoms with Gasteiger partial charge in [-0.05, 0) is 36.3 Å². The van der Waals surface area contributed by atoms with Crippen LogP contribution in [0.1, 0.15) is 19.8 Å². The molecule has 0 aliphatic carbocycles. The van der Waals surface area contributed by atoms with E-state index in [1.165, 1.54) is 30.1 Å². The lowest BCUT2D eigenvalue weighted by molar-refractivity contribution is 0.596. The van der Waals surface area contributed by atoms with Crippen LogP contribution in [0.2, 0.25) is 0 Å². The Morgan fingerprint density at radius 3 is 3.18 bits per heavy atom. The molecule has 4 heteroatoms. The number of aromatic nitrogens is 1. The van der Waals surface area contributed by atoms with Crippen molar-refractivity contribution in [2.24, 2.45) is 5.92 Å². The molecule has 0 bridgehead atoms. The third-order valence-corrected chi connectivity index (χ3v) is 4.31. The van der Waals surface area contributed by atoms with E-state index in [-0.39, 0.29) is 5.82 Å². The van der Waals surface area contributed by atoms with E-state index in [9.17, 15) is 4.39 Å². The molecule has 2 nitrogen and oxygen atoms in total. The summed E-state index contributed by atoms with van der Waals surface area (Å²) >= 11 is 2.03. The average molecular weight is 254 g/mol. The summed E-state index contributed by atoms with van der Waals surface area (Å²) in [7, 11) is 0. The normalized spacial score (nSPS) is 22.7. The van der Waals surface area contributed by atoms with Crippen molar-refractivity contribution < 1.29 is 4.39 Å². The Hall–Kier alpha value is -0.770. The predicted molar refractivity (Wildman–Crippen MR) is 72.1 cm³/mol. The number of nitrogens with zero attached hydrogens (tertiary/aromatic N) is 2. The number of anilines is 1. The van der Waals surface area contributed by atoms with Gasteiger partial charge in [-0.15, -0.1) is 0 Å². The SMILES string of the molecule is C[C@@H]1CSCCCCN(c2cc(F)ccn2)C1. The van der Waals surface area contributed by atoms with E-state index in [1.54, 1.807) is 6.20 Å². The van der Waals surface area contributed by atoms with Gasteiger partial charge in [0.2, 0.25) is 0 Å².